The summed E-state index contributed by atoms with van der Waals surface area (Å²) in [7, 11) is 0. The molecule has 0 aromatic heterocycles. The van der Waals surface area contributed by atoms with E-state index >= 15 is 0 Å². The van der Waals surface area contributed by atoms with Crippen LogP contribution < -0.4 is 5.32 Å². The second-order valence-electron chi connectivity index (χ2n) is 5.52. The van der Waals surface area contributed by atoms with Gasteiger partial charge in [0.2, 0.25) is 5.91 Å². The molecule has 1 amide bonds. The van der Waals surface area contributed by atoms with E-state index in [1.54, 1.807) is 6.92 Å². The Morgan fingerprint density at radius 2 is 1.91 bits per heavy atom. The fourth-order valence-corrected chi connectivity index (χ4v) is 2.44. The number of benzene rings is 1. The van der Waals surface area contributed by atoms with Crippen LogP contribution in [0.2, 0.25) is 0 Å². The summed E-state index contributed by atoms with van der Waals surface area (Å²) in [6, 6.07) is 8.40. The number of carbonyl (C=O) groups excluding carboxylic acids is 1. The lowest BCUT2D eigenvalue weighted by molar-refractivity contribution is -0.131. The van der Waals surface area contributed by atoms with Crippen molar-refractivity contribution in [3.8, 4) is 0 Å². The molecule has 0 radical (unpaired) electrons. The fraction of sp³-hybridized carbons (Fsp3) is 0.588. The van der Waals surface area contributed by atoms with Crippen molar-refractivity contribution in [2.24, 2.45) is 0 Å². The molecule has 1 atom stereocenters. The van der Waals surface area contributed by atoms with Crippen molar-refractivity contribution in [1.29, 1.82) is 0 Å². The van der Waals surface area contributed by atoms with E-state index in [4.69, 9.17) is 9.47 Å². The van der Waals surface area contributed by atoms with Gasteiger partial charge in [-0.3, -0.25) is 9.69 Å². The standard InChI is InChI=1S/C17H26N2O3/c1-3-22-14(2)17(20)18-12-15-4-6-16(7-5-15)13-19-8-10-21-11-9-19/h4-7,14H,3,8-13H2,1-2H3,(H,18,20). The Bertz CT molecular complexity index is 455. The van der Waals surface area contributed by atoms with Gasteiger partial charge in [-0.15, -0.1) is 0 Å². The minimum Gasteiger partial charge on any atom is -0.379 e. The quantitative estimate of drug-likeness (QED) is 0.830. The molecule has 0 aliphatic carbocycles. The number of amides is 1. The summed E-state index contributed by atoms with van der Waals surface area (Å²) in [5.41, 5.74) is 2.39. The molecule has 1 fully saturated rings. The van der Waals surface area contributed by atoms with Gasteiger partial charge in [0.05, 0.1) is 13.2 Å². The van der Waals surface area contributed by atoms with Gasteiger partial charge in [0.25, 0.3) is 0 Å². The molecule has 0 bridgehead atoms. The van der Waals surface area contributed by atoms with Crippen LogP contribution in [-0.4, -0.2) is 49.8 Å². The molecule has 5 nitrogen and oxygen atoms in total. The monoisotopic (exact) mass is 306 g/mol. The minimum absolute atomic E-state index is 0.0701. The summed E-state index contributed by atoms with van der Waals surface area (Å²) >= 11 is 0. The van der Waals surface area contributed by atoms with Crippen LogP contribution in [0.1, 0.15) is 25.0 Å². The van der Waals surface area contributed by atoms with E-state index in [9.17, 15) is 4.79 Å². The predicted octanol–water partition coefficient (Wildman–Crippen LogP) is 1.56. The zero-order valence-electron chi connectivity index (χ0n) is 13.5. The van der Waals surface area contributed by atoms with Gasteiger partial charge in [-0.2, -0.15) is 0 Å². The number of carbonyl (C=O) groups is 1. The molecule has 1 heterocycles. The first-order valence-corrected chi connectivity index (χ1v) is 7.96. The second-order valence-corrected chi connectivity index (χ2v) is 5.52. The van der Waals surface area contributed by atoms with Crippen molar-refractivity contribution < 1.29 is 14.3 Å². The Labute approximate surface area is 132 Å². The van der Waals surface area contributed by atoms with Crippen LogP contribution in [0, 0.1) is 0 Å². The molecule has 0 spiro atoms. The third-order valence-corrected chi connectivity index (χ3v) is 3.79. The number of hydrogen-bond donors (Lipinski definition) is 1. The molecule has 1 saturated heterocycles. The maximum absolute atomic E-state index is 11.8. The van der Waals surface area contributed by atoms with E-state index in [0.29, 0.717) is 13.2 Å². The average Bonchev–Trinajstić information content (AvgIpc) is 2.55. The van der Waals surface area contributed by atoms with Gasteiger partial charge >= 0.3 is 0 Å². The van der Waals surface area contributed by atoms with E-state index in [2.05, 4.69) is 34.5 Å². The van der Waals surface area contributed by atoms with Crippen molar-refractivity contribution in [2.45, 2.75) is 33.0 Å². The highest BCUT2D eigenvalue weighted by molar-refractivity contribution is 5.80. The van der Waals surface area contributed by atoms with Crippen molar-refractivity contribution >= 4 is 5.91 Å². The summed E-state index contributed by atoms with van der Waals surface area (Å²) in [6.45, 7) is 9.32. The number of ether oxygens (including phenoxy) is 2. The maximum atomic E-state index is 11.8. The van der Waals surface area contributed by atoms with E-state index in [1.165, 1.54) is 5.56 Å². The topological polar surface area (TPSA) is 50.8 Å². The highest BCUT2D eigenvalue weighted by Crippen LogP contribution is 2.09. The van der Waals surface area contributed by atoms with Crippen molar-refractivity contribution in [3.63, 3.8) is 0 Å². The summed E-state index contributed by atoms with van der Waals surface area (Å²) < 4.78 is 10.6. The Morgan fingerprint density at radius 1 is 1.27 bits per heavy atom. The molecule has 5 heteroatoms. The van der Waals surface area contributed by atoms with E-state index in [1.807, 2.05) is 6.92 Å². The van der Waals surface area contributed by atoms with Crippen LogP contribution in [-0.2, 0) is 27.4 Å². The van der Waals surface area contributed by atoms with Crippen molar-refractivity contribution in [3.05, 3.63) is 35.4 Å². The molecule has 2 rings (SSSR count). The van der Waals surface area contributed by atoms with Gasteiger partial charge < -0.3 is 14.8 Å². The first-order valence-electron chi connectivity index (χ1n) is 7.96. The van der Waals surface area contributed by atoms with Gasteiger partial charge in [0.1, 0.15) is 6.10 Å². The SMILES string of the molecule is CCOC(C)C(=O)NCc1ccc(CN2CCOCC2)cc1. The number of nitrogens with one attached hydrogen (secondary N) is 1. The van der Waals surface area contributed by atoms with Gasteiger partial charge in [0.15, 0.2) is 0 Å². The molecular weight excluding hydrogens is 280 g/mol. The zero-order valence-corrected chi connectivity index (χ0v) is 13.5. The molecule has 0 saturated carbocycles. The second kappa shape index (κ2) is 8.88. The molecule has 1 N–H and O–H groups in total. The Hall–Kier alpha value is -1.43. The summed E-state index contributed by atoms with van der Waals surface area (Å²) in [4.78, 5) is 14.2. The van der Waals surface area contributed by atoms with E-state index in [0.717, 1.165) is 38.4 Å². The van der Waals surface area contributed by atoms with Crippen molar-refractivity contribution in [2.75, 3.05) is 32.9 Å². The highest BCUT2D eigenvalue weighted by atomic mass is 16.5. The van der Waals surface area contributed by atoms with Crippen LogP contribution >= 0.6 is 0 Å². The lowest BCUT2D eigenvalue weighted by Gasteiger charge is -2.26. The normalized spacial score (nSPS) is 17.2. The Morgan fingerprint density at radius 3 is 2.55 bits per heavy atom. The van der Waals surface area contributed by atoms with Crippen LogP contribution in [0.3, 0.4) is 0 Å². The number of hydrogen-bond acceptors (Lipinski definition) is 4. The minimum atomic E-state index is -0.398. The smallest absolute Gasteiger partial charge is 0.249 e. The fourth-order valence-electron chi connectivity index (χ4n) is 2.44. The molecular formula is C17H26N2O3. The maximum Gasteiger partial charge on any atom is 0.249 e. The number of morpholine rings is 1. The molecule has 1 aromatic carbocycles. The molecule has 1 aromatic rings. The number of rotatable bonds is 7. The highest BCUT2D eigenvalue weighted by Gasteiger charge is 2.12. The van der Waals surface area contributed by atoms with Crippen LogP contribution in [0.4, 0.5) is 0 Å². The van der Waals surface area contributed by atoms with Crippen LogP contribution in [0.5, 0.6) is 0 Å². The lowest BCUT2D eigenvalue weighted by atomic mass is 10.1. The Kier molecular flexibility index (Phi) is 6.83. The first-order chi connectivity index (χ1) is 10.7. The van der Waals surface area contributed by atoms with E-state index in [-0.39, 0.29) is 5.91 Å². The molecule has 1 aliphatic rings. The van der Waals surface area contributed by atoms with Crippen molar-refractivity contribution in [1.82, 2.24) is 10.2 Å². The summed E-state index contributed by atoms with van der Waals surface area (Å²) in [5, 5.41) is 2.89. The van der Waals surface area contributed by atoms with Gasteiger partial charge in [-0.25, -0.2) is 0 Å². The third-order valence-electron chi connectivity index (χ3n) is 3.79. The van der Waals surface area contributed by atoms with Gasteiger partial charge in [-0.05, 0) is 25.0 Å². The third kappa shape index (κ3) is 5.40. The lowest BCUT2D eigenvalue weighted by Crippen LogP contribution is -2.35. The largest absolute Gasteiger partial charge is 0.379 e. The van der Waals surface area contributed by atoms with E-state index < -0.39 is 6.10 Å². The average molecular weight is 306 g/mol. The molecule has 22 heavy (non-hydrogen) atoms. The van der Waals surface area contributed by atoms with Crippen LogP contribution in [0.15, 0.2) is 24.3 Å². The summed E-state index contributed by atoms with van der Waals surface area (Å²) in [6.07, 6.45) is -0.398. The summed E-state index contributed by atoms with van der Waals surface area (Å²) in [5.74, 6) is -0.0701. The Balaban J connectivity index is 1.77. The van der Waals surface area contributed by atoms with Crippen LogP contribution in [0.25, 0.3) is 0 Å². The van der Waals surface area contributed by atoms with Gasteiger partial charge in [0, 0.05) is 32.8 Å². The zero-order chi connectivity index (χ0) is 15.8. The first kappa shape index (κ1) is 16.9. The molecule has 1 aliphatic heterocycles. The molecule has 1 unspecified atom stereocenters. The molecule has 122 valence electrons. The van der Waals surface area contributed by atoms with Gasteiger partial charge in [-0.1, -0.05) is 24.3 Å². The number of nitrogens with zero attached hydrogens (tertiary/aromatic N) is 1. The predicted molar refractivity (Wildman–Crippen MR) is 85.5 cm³/mol.